The summed E-state index contributed by atoms with van der Waals surface area (Å²) < 4.78 is 0. The molecule has 0 atom stereocenters. The van der Waals surface area contributed by atoms with Gasteiger partial charge in [-0.15, -0.1) is 10.2 Å². The van der Waals surface area contributed by atoms with E-state index in [0.29, 0.717) is 6.54 Å². The lowest BCUT2D eigenvalue weighted by molar-refractivity contribution is 0.0621. The van der Waals surface area contributed by atoms with Crippen LogP contribution in [0.1, 0.15) is 36.5 Å². The van der Waals surface area contributed by atoms with Crippen molar-refractivity contribution >= 4 is 22.4 Å². The van der Waals surface area contributed by atoms with Gasteiger partial charge in [0.2, 0.25) is 10.1 Å². The summed E-state index contributed by atoms with van der Waals surface area (Å²) in [5.74, 6) is -0.207. The van der Waals surface area contributed by atoms with Crippen LogP contribution in [0.2, 0.25) is 0 Å². The fraction of sp³-hybridized carbons (Fsp3) is 0.700. The highest BCUT2D eigenvalue weighted by Gasteiger charge is 2.24. The molecule has 0 fully saturated rings. The first-order valence-electron chi connectivity index (χ1n) is 5.64. The van der Waals surface area contributed by atoms with Crippen molar-refractivity contribution in [1.82, 2.24) is 15.1 Å². The van der Waals surface area contributed by atoms with Crippen molar-refractivity contribution in [2.75, 3.05) is 18.9 Å². The Hall–Kier alpha value is -1.21. The molecule has 7 heteroatoms. The third kappa shape index (κ3) is 3.37. The molecule has 0 aliphatic heterocycles. The number of carbonyl (C=O) groups excluding carboxylic acids is 1. The standard InChI is InChI=1S/C10H18N4O2S/c1-3-7(4-2)14(5-6-15)9(16)8-12-13-10(11)17-8/h7,15H,3-6H2,1-2H3,(H2,11,13). The van der Waals surface area contributed by atoms with E-state index in [1.165, 1.54) is 0 Å². The number of aliphatic hydroxyl groups is 1. The minimum Gasteiger partial charge on any atom is -0.395 e. The minimum absolute atomic E-state index is 0.0590. The third-order valence-corrected chi connectivity index (χ3v) is 3.35. The first kappa shape index (κ1) is 13.9. The van der Waals surface area contributed by atoms with E-state index in [0.717, 1.165) is 24.2 Å². The molecule has 1 aromatic rings. The molecule has 0 spiro atoms. The Balaban J connectivity index is 2.86. The maximum Gasteiger partial charge on any atom is 0.285 e. The molecule has 1 heterocycles. The van der Waals surface area contributed by atoms with E-state index in [-0.39, 0.29) is 28.7 Å². The van der Waals surface area contributed by atoms with Crippen LogP contribution >= 0.6 is 11.3 Å². The number of rotatable bonds is 6. The van der Waals surface area contributed by atoms with E-state index < -0.39 is 0 Å². The van der Waals surface area contributed by atoms with Crippen LogP contribution in [0.3, 0.4) is 0 Å². The summed E-state index contributed by atoms with van der Waals surface area (Å²) in [6, 6.07) is 0.111. The summed E-state index contributed by atoms with van der Waals surface area (Å²) in [6.07, 6.45) is 1.69. The van der Waals surface area contributed by atoms with E-state index in [9.17, 15) is 4.79 Å². The number of amides is 1. The van der Waals surface area contributed by atoms with Gasteiger partial charge in [0, 0.05) is 12.6 Å². The lowest BCUT2D eigenvalue weighted by Crippen LogP contribution is -2.41. The lowest BCUT2D eigenvalue weighted by atomic mass is 10.1. The highest BCUT2D eigenvalue weighted by atomic mass is 32.1. The van der Waals surface area contributed by atoms with Gasteiger partial charge in [-0.25, -0.2) is 0 Å². The highest BCUT2D eigenvalue weighted by Crippen LogP contribution is 2.17. The Labute approximate surface area is 104 Å². The van der Waals surface area contributed by atoms with Crippen molar-refractivity contribution in [3.63, 3.8) is 0 Å². The Morgan fingerprint density at radius 3 is 2.53 bits per heavy atom. The van der Waals surface area contributed by atoms with Gasteiger partial charge in [-0.2, -0.15) is 0 Å². The molecule has 0 saturated carbocycles. The quantitative estimate of drug-likeness (QED) is 0.785. The zero-order chi connectivity index (χ0) is 12.8. The van der Waals surface area contributed by atoms with E-state index in [2.05, 4.69) is 10.2 Å². The molecule has 0 unspecified atom stereocenters. The molecule has 96 valence electrons. The smallest absolute Gasteiger partial charge is 0.285 e. The topological polar surface area (TPSA) is 92.3 Å². The second kappa shape index (κ2) is 6.51. The number of nitrogens with two attached hydrogens (primary N) is 1. The normalized spacial score (nSPS) is 10.8. The van der Waals surface area contributed by atoms with Gasteiger partial charge in [0.25, 0.3) is 5.91 Å². The molecule has 0 bridgehead atoms. The highest BCUT2D eigenvalue weighted by molar-refractivity contribution is 7.16. The molecule has 0 saturated heterocycles. The van der Waals surface area contributed by atoms with Crippen LogP contribution in [0.5, 0.6) is 0 Å². The van der Waals surface area contributed by atoms with Crippen molar-refractivity contribution in [1.29, 1.82) is 0 Å². The van der Waals surface area contributed by atoms with Gasteiger partial charge in [-0.05, 0) is 12.8 Å². The molecule has 0 radical (unpaired) electrons. The molecule has 1 aromatic heterocycles. The number of nitrogen functional groups attached to an aromatic ring is 1. The number of hydrogen-bond acceptors (Lipinski definition) is 6. The van der Waals surface area contributed by atoms with E-state index in [4.69, 9.17) is 10.8 Å². The Bertz CT molecular complexity index is 365. The monoisotopic (exact) mass is 258 g/mol. The van der Waals surface area contributed by atoms with Crippen LogP contribution in [0.4, 0.5) is 5.13 Å². The maximum absolute atomic E-state index is 12.2. The molecule has 17 heavy (non-hydrogen) atoms. The first-order valence-corrected chi connectivity index (χ1v) is 6.46. The average molecular weight is 258 g/mol. The van der Waals surface area contributed by atoms with Crippen LogP contribution in [-0.4, -0.2) is 45.3 Å². The number of aliphatic hydroxyl groups excluding tert-OH is 1. The fourth-order valence-electron chi connectivity index (χ4n) is 1.73. The Kier molecular flexibility index (Phi) is 5.30. The number of hydrogen-bond donors (Lipinski definition) is 2. The molecule has 0 aliphatic rings. The maximum atomic E-state index is 12.2. The number of aromatic nitrogens is 2. The van der Waals surface area contributed by atoms with Crippen LogP contribution < -0.4 is 5.73 Å². The zero-order valence-electron chi connectivity index (χ0n) is 10.1. The number of nitrogens with zero attached hydrogens (tertiary/aromatic N) is 3. The summed E-state index contributed by atoms with van der Waals surface area (Å²) in [5, 5.41) is 17.0. The fourth-order valence-corrected chi connectivity index (χ4v) is 2.30. The molecule has 1 rings (SSSR count). The van der Waals surface area contributed by atoms with Crippen molar-refractivity contribution in [3.8, 4) is 0 Å². The molecule has 3 N–H and O–H groups in total. The van der Waals surface area contributed by atoms with Crippen LogP contribution in [-0.2, 0) is 0 Å². The molecular weight excluding hydrogens is 240 g/mol. The van der Waals surface area contributed by atoms with Gasteiger partial charge in [-0.3, -0.25) is 4.79 Å². The van der Waals surface area contributed by atoms with Crippen molar-refractivity contribution in [2.45, 2.75) is 32.7 Å². The van der Waals surface area contributed by atoms with Gasteiger partial charge >= 0.3 is 0 Å². The second-order valence-electron chi connectivity index (χ2n) is 3.64. The second-order valence-corrected chi connectivity index (χ2v) is 4.65. The molecule has 0 aliphatic carbocycles. The summed E-state index contributed by atoms with van der Waals surface area (Å²) in [4.78, 5) is 13.8. The van der Waals surface area contributed by atoms with Gasteiger partial charge < -0.3 is 15.7 Å². The average Bonchev–Trinajstić information content (AvgIpc) is 2.75. The van der Waals surface area contributed by atoms with Crippen LogP contribution in [0.25, 0.3) is 0 Å². The van der Waals surface area contributed by atoms with Gasteiger partial charge in [0.15, 0.2) is 0 Å². The van der Waals surface area contributed by atoms with E-state index in [1.807, 2.05) is 13.8 Å². The first-order chi connectivity index (χ1) is 8.13. The van der Waals surface area contributed by atoms with Gasteiger partial charge in [0.05, 0.1) is 6.61 Å². The zero-order valence-corrected chi connectivity index (χ0v) is 10.9. The predicted molar refractivity (Wildman–Crippen MR) is 66.8 cm³/mol. The molecular formula is C10H18N4O2S. The molecule has 1 amide bonds. The van der Waals surface area contributed by atoms with Crippen LogP contribution in [0.15, 0.2) is 0 Å². The van der Waals surface area contributed by atoms with Crippen molar-refractivity contribution < 1.29 is 9.90 Å². The lowest BCUT2D eigenvalue weighted by Gasteiger charge is -2.28. The minimum atomic E-state index is -0.207. The van der Waals surface area contributed by atoms with Gasteiger partial charge in [-0.1, -0.05) is 25.2 Å². The summed E-state index contributed by atoms with van der Waals surface area (Å²) >= 11 is 1.07. The van der Waals surface area contributed by atoms with E-state index in [1.54, 1.807) is 4.90 Å². The summed E-state index contributed by atoms with van der Waals surface area (Å²) in [5.41, 5.74) is 5.46. The Morgan fingerprint density at radius 2 is 2.12 bits per heavy atom. The van der Waals surface area contributed by atoms with Crippen molar-refractivity contribution in [2.24, 2.45) is 0 Å². The molecule has 6 nitrogen and oxygen atoms in total. The third-order valence-electron chi connectivity index (χ3n) is 2.61. The largest absolute Gasteiger partial charge is 0.395 e. The van der Waals surface area contributed by atoms with Crippen molar-refractivity contribution in [3.05, 3.63) is 5.01 Å². The summed E-state index contributed by atoms with van der Waals surface area (Å²) in [6.45, 7) is 4.28. The van der Waals surface area contributed by atoms with Gasteiger partial charge in [0.1, 0.15) is 0 Å². The number of anilines is 1. The predicted octanol–water partition coefficient (Wildman–Crippen LogP) is 0.743. The summed E-state index contributed by atoms with van der Waals surface area (Å²) in [7, 11) is 0. The Morgan fingerprint density at radius 1 is 1.47 bits per heavy atom. The number of carbonyl (C=O) groups is 1. The SMILES string of the molecule is CCC(CC)N(CCO)C(=O)c1nnc(N)s1. The molecule has 0 aromatic carbocycles. The van der Waals surface area contributed by atoms with Crippen LogP contribution in [0, 0.1) is 0 Å². The van der Waals surface area contributed by atoms with E-state index >= 15 is 0 Å².